The van der Waals surface area contributed by atoms with Crippen LogP contribution < -0.4 is 0 Å². The van der Waals surface area contributed by atoms with Gasteiger partial charge in [-0.2, -0.15) is 0 Å². The van der Waals surface area contributed by atoms with Crippen LogP contribution in [0.4, 0.5) is 0 Å². The van der Waals surface area contributed by atoms with Gasteiger partial charge in [-0.1, -0.05) is 10.2 Å². The van der Waals surface area contributed by atoms with Gasteiger partial charge in [-0.3, -0.25) is 0 Å². The number of hydrogen-bond acceptors (Lipinski definition) is 4. The maximum atomic E-state index is 8.13. The zero-order valence-corrected chi connectivity index (χ0v) is 9.11. The smallest absolute Gasteiger partial charge is 0.175 e. The van der Waals surface area contributed by atoms with Crippen molar-refractivity contribution in [3.05, 3.63) is 20.9 Å². The van der Waals surface area contributed by atoms with E-state index in [1.807, 2.05) is 0 Å². The molecule has 0 aromatic heterocycles. The molecule has 0 amide bonds. The Labute approximate surface area is 92.8 Å². The fourth-order valence-electron chi connectivity index (χ4n) is 1.30. The molecule has 2 heterocycles. The van der Waals surface area contributed by atoms with Crippen molar-refractivity contribution in [2.75, 3.05) is 19.8 Å². The van der Waals surface area contributed by atoms with Crippen LogP contribution in [0.1, 0.15) is 19.8 Å². The Morgan fingerprint density at radius 1 is 1.19 bits per heavy atom. The topological polar surface area (TPSA) is 116 Å². The van der Waals surface area contributed by atoms with Crippen molar-refractivity contribution in [1.29, 1.82) is 0 Å². The van der Waals surface area contributed by atoms with Crippen LogP contribution in [0.3, 0.4) is 0 Å². The number of rotatable bonds is 2. The molecule has 2 fully saturated rings. The van der Waals surface area contributed by atoms with Crippen molar-refractivity contribution < 1.29 is 9.47 Å². The molecule has 8 heteroatoms. The van der Waals surface area contributed by atoms with Crippen molar-refractivity contribution >= 4 is 0 Å². The molecule has 2 rings (SSSR count). The minimum atomic E-state index is -1.02. The van der Waals surface area contributed by atoms with Gasteiger partial charge < -0.3 is 9.47 Å². The van der Waals surface area contributed by atoms with E-state index in [0.717, 1.165) is 13.2 Å². The summed E-state index contributed by atoms with van der Waals surface area (Å²) < 4.78 is 9.87. The van der Waals surface area contributed by atoms with Gasteiger partial charge in [-0.25, -0.2) is 0 Å². The van der Waals surface area contributed by atoms with Crippen LogP contribution in [-0.2, 0) is 9.47 Å². The zero-order chi connectivity index (χ0) is 11.9. The first-order valence-electron chi connectivity index (χ1n) is 5.07. The summed E-state index contributed by atoms with van der Waals surface area (Å²) in [5, 5.41) is 6.73. The van der Waals surface area contributed by atoms with E-state index in [1.54, 1.807) is 6.92 Å². The third-order valence-electron chi connectivity index (χ3n) is 2.46. The van der Waals surface area contributed by atoms with E-state index in [-0.39, 0.29) is 12.7 Å². The largest absolute Gasteiger partial charge is 0.381 e. The van der Waals surface area contributed by atoms with Crippen LogP contribution in [0.5, 0.6) is 0 Å². The van der Waals surface area contributed by atoms with Gasteiger partial charge in [0, 0.05) is 23.0 Å². The fourth-order valence-corrected chi connectivity index (χ4v) is 1.30. The average molecular weight is 226 g/mol. The molecule has 2 aliphatic heterocycles. The summed E-state index contributed by atoms with van der Waals surface area (Å²) in [4.78, 5) is 5.16. The quantitative estimate of drug-likeness (QED) is 0.408. The molecular formula is C8H14N6O2. The van der Waals surface area contributed by atoms with Crippen LogP contribution in [0, 0.1) is 0 Å². The standard InChI is InChI=1S/C4H6N6O.C4H8O/c1-3-4(2-11-3,7-9-5)8-10-6;1-2-4-5-3-1/h3H,2H2,1H3;1-4H2. The normalized spacial score (nSPS) is 31.2. The molecule has 0 saturated carbocycles. The highest BCUT2D eigenvalue weighted by molar-refractivity contribution is 4.99. The summed E-state index contributed by atoms with van der Waals surface area (Å²) in [6.07, 6.45) is 2.23. The van der Waals surface area contributed by atoms with E-state index < -0.39 is 5.66 Å². The molecular weight excluding hydrogens is 212 g/mol. The Morgan fingerprint density at radius 3 is 1.94 bits per heavy atom. The van der Waals surface area contributed by atoms with E-state index in [9.17, 15) is 0 Å². The third kappa shape index (κ3) is 3.01. The highest BCUT2D eigenvalue weighted by Gasteiger charge is 2.44. The van der Waals surface area contributed by atoms with Crippen LogP contribution in [0.2, 0.25) is 0 Å². The van der Waals surface area contributed by atoms with Crippen LogP contribution in [0.15, 0.2) is 10.2 Å². The Hall–Kier alpha value is -1.46. The summed E-state index contributed by atoms with van der Waals surface area (Å²) in [6.45, 7) is 3.86. The molecule has 88 valence electrons. The van der Waals surface area contributed by atoms with Gasteiger partial charge in [0.1, 0.15) is 0 Å². The van der Waals surface area contributed by atoms with Crippen molar-refractivity contribution in [2.24, 2.45) is 10.2 Å². The lowest BCUT2D eigenvalue weighted by atomic mass is 10.0. The SMILES string of the molecule is C1CCOC1.CC1OCC1(N=[N+]=[N-])N=[N+]=[N-]. The summed E-state index contributed by atoms with van der Waals surface area (Å²) in [5.41, 5.74) is 15.2. The summed E-state index contributed by atoms with van der Waals surface area (Å²) in [7, 11) is 0. The van der Waals surface area contributed by atoms with E-state index in [2.05, 4.69) is 20.1 Å². The minimum absolute atomic E-state index is 0.169. The number of ether oxygens (including phenoxy) is 2. The monoisotopic (exact) mass is 226 g/mol. The number of azide groups is 1. The molecule has 0 radical (unpaired) electrons. The lowest BCUT2D eigenvalue weighted by Crippen LogP contribution is -2.53. The van der Waals surface area contributed by atoms with Gasteiger partial charge in [-0.15, -0.1) is 0 Å². The predicted octanol–water partition coefficient (Wildman–Crippen LogP) is 2.52. The molecule has 0 N–H and O–H groups in total. The van der Waals surface area contributed by atoms with Crippen LogP contribution >= 0.6 is 0 Å². The second-order valence-corrected chi connectivity index (χ2v) is 3.53. The van der Waals surface area contributed by atoms with Gasteiger partial charge in [0.15, 0.2) is 5.66 Å². The molecule has 8 nitrogen and oxygen atoms in total. The first kappa shape index (κ1) is 12.6. The Morgan fingerprint density at radius 2 is 1.75 bits per heavy atom. The first-order valence-corrected chi connectivity index (χ1v) is 5.07. The molecule has 0 aliphatic carbocycles. The zero-order valence-electron chi connectivity index (χ0n) is 9.11. The van der Waals surface area contributed by atoms with Crippen molar-refractivity contribution in [2.45, 2.75) is 31.5 Å². The number of hydrogen-bond donors (Lipinski definition) is 0. The van der Waals surface area contributed by atoms with Crippen LogP contribution in [-0.4, -0.2) is 31.6 Å². The summed E-state index contributed by atoms with van der Waals surface area (Å²) >= 11 is 0. The molecule has 0 spiro atoms. The second-order valence-electron chi connectivity index (χ2n) is 3.53. The van der Waals surface area contributed by atoms with Crippen molar-refractivity contribution in [1.82, 2.24) is 0 Å². The predicted molar refractivity (Wildman–Crippen MR) is 56.5 cm³/mol. The van der Waals surface area contributed by atoms with Gasteiger partial charge in [-0.05, 0) is 30.8 Å². The maximum Gasteiger partial charge on any atom is 0.175 e. The lowest BCUT2D eigenvalue weighted by molar-refractivity contribution is -0.117. The summed E-state index contributed by atoms with van der Waals surface area (Å²) in [6, 6.07) is 0. The Bertz CT molecular complexity index is 291. The first-order chi connectivity index (χ1) is 7.75. The molecule has 2 saturated heterocycles. The Balaban J connectivity index is 0.000000212. The van der Waals surface area contributed by atoms with Gasteiger partial charge in [0.2, 0.25) is 0 Å². The molecule has 1 atom stereocenters. The van der Waals surface area contributed by atoms with Gasteiger partial charge >= 0.3 is 0 Å². The minimum Gasteiger partial charge on any atom is -0.381 e. The average Bonchev–Trinajstić information content (AvgIpc) is 2.85. The molecule has 2 aliphatic rings. The summed E-state index contributed by atoms with van der Waals surface area (Å²) in [5.74, 6) is 0. The molecule has 0 bridgehead atoms. The maximum absolute atomic E-state index is 8.13. The molecule has 0 aromatic carbocycles. The van der Waals surface area contributed by atoms with Gasteiger partial charge in [0.25, 0.3) is 0 Å². The fraction of sp³-hybridized carbons (Fsp3) is 1.00. The van der Waals surface area contributed by atoms with E-state index in [0.29, 0.717) is 0 Å². The molecule has 16 heavy (non-hydrogen) atoms. The van der Waals surface area contributed by atoms with Crippen molar-refractivity contribution in [3.63, 3.8) is 0 Å². The van der Waals surface area contributed by atoms with E-state index >= 15 is 0 Å². The molecule has 0 aromatic rings. The van der Waals surface area contributed by atoms with Crippen LogP contribution in [0.25, 0.3) is 20.9 Å². The third-order valence-corrected chi connectivity index (χ3v) is 2.46. The highest BCUT2D eigenvalue weighted by atomic mass is 16.5. The van der Waals surface area contributed by atoms with E-state index in [4.69, 9.17) is 20.5 Å². The molecule has 1 unspecified atom stereocenters. The highest BCUT2D eigenvalue weighted by Crippen LogP contribution is 2.31. The van der Waals surface area contributed by atoms with Gasteiger partial charge in [0.05, 0.1) is 12.7 Å². The van der Waals surface area contributed by atoms with E-state index in [1.165, 1.54) is 12.8 Å². The number of nitrogens with zero attached hydrogens (tertiary/aromatic N) is 6. The second kappa shape index (κ2) is 6.19. The Kier molecular flexibility index (Phi) is 4.88. The lowest BCUT2D eigenvalue weighted by Gasteiger charge is -2.39. The van der Waals surface area contributed by atoms with Crippen molar-refractivity contribution in [3.8, 4) is 0 Å².